The first-order valence-electron chi connectivity index (χ1n) is 7.90. The normalized spacial score (nSPS) is 42.1. The van der Waals surface area contributed by atoms with Crippen LogP contribution in [0.2, 0.25) is 5.02 Å². The maximum absolute atomic E-state index is 6.08. The molecule has 1 aromatic carbocycles. The van der Waals surface area contributed by atoms with Gasteiger partial charge in [0.15, 0.2) is 0 Å². The summed E-state index contributed by atoms with van der Waals surface area (Å²) in [6.07, 6.45) is 4.47. The second-order valence-corrected chi connectivity index (χ2v) is 6.90. The number of hydrogen-bond donors (Lipinski definition) is 0. The third-order valence-electron chi connectivity index (χ3n) is 5.62. The van der Waals surface area contributed by atoms with Gasteiger partial charge in [0, 0.05) is 36.2 Å². The first kappa shape index (κ1) is 13.1. The van der Waals surface area contributed by atoms with Crippen molar-refractivity contribution in [2.45, 2.75) is 50.3 Å². The van der Waals surface area contributed by atoms with Gasteiger partial charge in [0.2, 0.25) is 0 Å². The number of piperidine rings is 1. The Kier molecular flexibility index (Phi) is 3.29. The van der Waals surface area contributed by atoms with Crippen molar-refractivity contribution in [2.75, 3.05) is 13.2 Å². The lowest BCUT2D eigenvalue weighted by atomic mass is 9.77. The second-order valence-electron chi connectivity index (χ2n) is 6.46. The van der Waals surface area contributed by atoms with E-state index in [1.165, 1.54) is 24.8 Å². The van der Waals surface area contributed by atoms with Gasteiger partial charge < -0.3 is 4.74 Å². The van der Waals surface area contributed by atoms with Crippen molar-refractivity contribution in [3.05, 3.63) is 34.9 Å². The summed E-state index contributed by atoms with van der Waals surface area (Å²) in [7, 11) is 0. The molecule has 3 fully saturated rings. The SMILES string of the molecule is CCOC1CN2[C@H]3CC[C@@H]2[C@@H]1[C@@H](c1ccc(Cl)cc1)C3. The van der Waals surface area contributed by atoms with Crippen molar-refractivity contribution in [2.24, 2.45) is 5.92 Å². The van der Waals surface area contributed by atoms with Gasteiger partial charge >= 0.3 is 0 Å². The molecule has 2 nitrogen and oxygen atoms in total. The van der Waals surface area contributed by atoms with Gasteiger partial charge in [-0.25, -0.2) is 0 Å². The number of rotatable bonds is 3. The predicted octanol–water partition coefficient (Wildman–Crippen LogP) is 3.70. The number of benzene rings is 1. The lowest BCUT2D eigenvalue weighted by Crippen LogP contribution is -2.41. The van der Waals surface area contributed by atoms with Gasteiger partial charge in [-0.05, 0) is 49.8 Å². The zero-order valence-electron chi connectivity index (χ0n) is 12.0. The molecule has 0 saturated carbocycles. The monoisotopic (exact) mass is 291 g/mol. The van der Waals surface area contributed by atoms with E-state index in [0.717, 1.165) is 30.3 Å². The first-order chi connectivity index (χ1) is 9.78. The highest BCUT2D eigenvalue weighted by Gasteiger charge is 2.55. The zero-order valence-corrected chi connectivity index (χ0v) is 12.7. The third-order valence-corrected chi connectivity index (χ3v) is 5.88. The molecule has 3 saturated heterocycles. The Hall–Kier alpha value is -0.570. The summed E-state index contributed by atoms with van der Waals surface area (Å²) in [6.45, 7) is 4.10. The highest BCUT2D eigenvalue weighted by atomic mass is 35.5. The molecule has 0 spiro atoms. The van der Waals surface area contributed by atoms with Crippen LogP contribution in [0.25, 0.3) is 0 Å². The van der Waals surface area contributed by atoms with Gasteiger partial charge in [0.1, 0.15) is 0 Å². The summed E-state index contributed by atoms with van der Waals surface area (Å²) in [5.74, 6) is 1.33. The fourth-order valence-corrected chi connectivity index (χ4v) is 5.04. The summed E-state index contributed by atoms with van der Waals surface area (Å²) >= 11 is 6.04. The molecule has 3 heterocycles. The van der Waals surface area contributed by atoms with E-state index in [0.29, 0.717) is 17.9 Å². The van der Waals surface area contributed by atoms with Crippen LogP contribution in [-0.4, -0.2) is 36.2 Å². The molecule has 108 valence electrons. The Morgan fingerprint density at radius 1 is 1.25 bits per heavy atom. The minimum Gasteiger partial charge on any atom is -0.377 e. The van der Waals surface area contributed by atoms with Crippen LogP contribution in [0, 0.1) is 5.92 Å². The standard InChI is InChI=1S/C17H22ClNO/c1-2-20-16-10-19-13-7-8-15(19)17(16)14(9-13)11-3-5-12(18)6-4-11/h3-6,13-17H,2,7-10H2,1H3/t13-,14+,15+,16?,17-/m0/s1. The Morgan fingerprint density at radius 3 is 2.80 bits per heavy atom. The summed E-state index contributed by atoms with van der Waals surface area (Å²) < 4.78 is 6.08. The molecule has 3 aliphatic rings. The van der Waals surface area contributed by atoms with Gasteiger partial charge in [-0.15, -0.1) is 0 Å². The van der Waals surface area contributed by atoms with Crippen LogP contribution in [0.4, 0.5) is 0 Å². The molecule has 4 rings (SSSR count). The Bertz CT molecular complexity index is 488. The molecule has 0 aromatic heterocycles. The molecule has 0 radical (unpaired) electrons. The van der Waals surface area contributed by atoms with Crippen LogP contribution in [0.15, 0.2) is 24.3 Å². The fraction of sp³-hybridized carbons (Fsp3) is 0.647. The van der Waals surface area contributed by atoms with Crippen molar-refractivity contribution in [3.63, 3.8) is 0 Å². The van der Waals surface area contributed by atoms with Crippen LogP contribution < -0.4 is 0 Å². The number of hydrogen-bond acceptors (Lipinski definition) is 2. The van der Waals surface area contributed by atoms with Gasteiger partial charge in [0.25, 0.3) is 0 Å². The van der Waals surface area contributed by atoms with Gasteiger partial charge in [-0.3, -0.25) is 4.90 Å². The summed E-state index contributed by atoms with van der Waals surface area (Å²) in [5.41, 5.74) is 1.46. The topological polar surface area (TPSA) is 12.5 Å². The second kappa shape index (κ2) is 5.01. The minimum atomic E-state index is 0.427. The molecule has 0 aliphatic carbocycles. The Labute approximate surface area is 126 Å². The third kappa shape index (κ3) is 1.93. The lowest BCUT2D eigenvalue weighted by molar-refractivity contribution is 0.0333. The van der Waals surface area contributed by atoms with Crippen LogP contribution in [0.3, 0.4) is 0 Å². The largest absolute Gasteiger partial charge is 0.377 e. The zero-order chi connectivity index (χ0) is 13.7. The molecule has 0 amide bonds. The van der Waals surface area contributed by atoms with Crippen molar-refractivity contribution in [1.29, 1.82) is 0 Å². The van der Waals surface area contributed by atoms with E-state index in [-0.39, 0.29) is 0 Å². The summed E-state index contributed by atoms with van der Waals surface area (Å²) in [6, 6.07) is 10.1. The molecular formula is C17H22ClNO. The van der Waals surface area contributed by atoms with Gasteiger partial charge in [-0.1, -0.05) is 23.7 Å². The van der Waals surface area contributed by atoms with Crippen molar-refractivity contribution in [1.82, 2.24) is 4.90 Å². The molecule has 0 N–H and O–H groups in total. The van der Waals surface area contributed by atoms with Gasteiger partial charge in [-0.2, -0.15) is 0 Å². The maximum Gasteiger partial charge on any atom is 0.0750 e. The van der Waals surface area contributed by atoms with Crippen LogP contribution in [0.1, 0.15) is 37.7 Å². The highest BCUT2D eigenvalue weighted by molar-refractivity contribution is 6.30. The molecule has 1 aromatic rings. The average Bonchev–Trinajstić information content (AvgIpc) is 2.86. The van der Waals surface area contributed by atoms with E-state index in [4.69, 9.17) is 16.3 Å². The molecule has 2 unspecified atom stereocenters. The van der Waals surface area contributed by atoms with E-state index in [9.17, 15) is 0 Å². The van der Waals surface area contributed by atoms with Crippen molar-refractivity contribution in [3.8, 4) is 0 Å². The maximum atomic E-state index is 6.08. The minimum absolute atomic E-state index is 0.427. The number of halogens is 1. The first-order valence-corrected chi connectivity index (χ1v) is 8.28. The predicted molar refractivity (Wildman–Crippen MR) is 81.2 cm³/mol. The Morgan fingerprint density at radius 2 is 2.05 bits per heavy atom. The summed E-state index contributed by atoms with van der Waals surface area (Å²) in [4.78, 5) is 2.73. The molecule has 4 bridgehead atoms. The fourth-order valence-electron chi connectivity index (χ4n) is 4.92. The lowest BCUT2D eigenvalue weighted by Gasteiger charge is -2.38. The van der Waals surface area contributed by atoms with Crippen LogP contribution >= 0.6 is 11.6 Å². The molecule has 3 heteroatoms. The van der Waals surface area contributed by atoms with E-state index in [1.54, 1.807) is 0 Å². The molecule has 6 atom stereocenters. The van der Waals surface area contributed by atoms with Crippen molar-refractivity contribution >= 4 is 11.6 Å². The Balaban J connectivity index is 1.67. The molecular weight excluding hydrogens is 270 g/mol. The number of ether oxygens (including phenoxy) is 1. The highest BCUT2D eigenvalue weighted by Crippen LogP contribution is 2.52. The molecule has 3 aliphatic heterocycles. The van der Waals surface area contributed by atoms with Crippen LogP contribution in [-0.2, 0) is 4.74 Å². The van der Waals surface area contributed by atoms with E-state index >= 15 is 0 Å². The van der Waals surface area contributed by atoms with Gasteiger partial charge in [0.05, 0.1) is 6.10 Å². The summed E-state index contributed by atoms with van der Waals surface area (Å²) in [5, 5.41) is 0.835. The average molecular weight is 292 g/mol. The van der Waals surface area contributed by atoms with E-state index in [1.807, 2.05) is 12.1 Å². The molecule has 20 heavy (non-hydrogen) atoms. The smallest absolute Gasteiger partial charge is 0.0750 e. The van der Waals surface area contributed by atoms with Crippen molar-refractivity contribution < 1.29 is 4.74 Å². The quantitative estimate of drug-likeness (QED) is 0.842. The van der Waals surface area contributed by atoms with Crippen LogP contribution in [0.5, 0.6) is 0 Å². The number of nitrogens with zero attached hydrogens (tertiary/aromatic N) is 1. The van der Waals surface area contributed by atoms with E-state index < -0.39 is 0 Å². The van der Waals surface area contributed by atoms with E-state index in [2.05, 4.69) is 24.0 Å².